The van der Waals surface area contributed by atoms with E-state index in [-0.39, 0.29) is 40.9 Å². The minimum atomic E-state index is -0.692. The van der Waals surface area contributed by atoms with E-state index < -0.39 is 23.6 Å². The third-order valence-electron chi connectivity index (χ3n) is 6.01. The maximum Gasteiger partial charge on any atom is 0.263 e. The summed E-state index contributed by atoms with van der Waals surface area (Å²) in [5.74, 6) is -2.15. The summed E-state index contributed by atoms with van der Waals surface area (Å²) in [6.45, 7) is 2.73. The van der Waals surface area contributed by atoms with Gasteiger partial charge < -0.3 is 20.9 Å². The SMILES string of the molecule is CN1CCN2CCN(c3c(F)cncc3NC(=O)c3c(N)nn4cc(F)cnc34)CC2C1=O. The van der Waals surface area contributed by atoms with Gasteiger partial charge in [0.1, 0.15) is 17.3 Å². The van der Waals surface area contributed by atoms with Gasteiger partial charge in [0.15, 0.2) is 23.1 Å². The van der Waals surface area contributed by atoms with Crippen molar-refractivity contribution >= 4 is 34.7 Å². The van der Waals surface area contributed by atoms with Crippen molar-refractivity contribution in [2.24, 2.45) is 0 Å². The van der Waals surface area contributed by atoms with Crippen LogP contribution in [0.25, 0.3) is 5.65 Å². The van der Waals surface area contributed by atoms with Gasteiger partial charge in [0.05, 0.1) is 30.5 Å². The summed E-state index contributed by atoms with van der Waals surface area (Å²) in [6, 6.07) is -0.400. The van der Waals surface area contributed by atoms with Crippen molar-refractivity contribution in [1.82, 2.24) is 29.4 Å². The molecule has 1 atom stereocenters. The summed E-state index contributed by atoms with van der Waals surface area (Å²) in [7, 11) is 1.75. The number of likely N-dealkylation sites (N-methyl/N-ethyl adjacent to an activating group) is 1. The highest BCUT2D eigenvalue weighted by atomic mass is 19.1. The van der Waals surface area contributed by atoms with Gasteiger partial charge >= 0.3 is 0 Å². The molecule has 2 aliphatic heterocycles. The van der Waals surface area contributed by atoms with Crippen LogP contribution in [0.15, 0.2) is 24.8 Å². The number of fused-ring (bicyclic) bond motifs is 2. The second kappa shape index (κ2) is 7.92. The number of carbonyl (C=O) groups is 2. The lowest BCUT2D eigenvalue weighted by atomic mass is 10.1. The first-order valence-corrected chi connectivity index (χ1v) is 10.3. The van der Waals surface area contributed by atoms with Crippen molar-refractivity contribution in [3.63, 3.8) is 0 Å². The number of carbonyl (C=O) groups excluding carboxylic acids is 2. The van der Waals surface area contributed by atoms with Gasteiger partial charge in [0, 0.05) is 39.8 Å². The van der Waals surface area contributed by atoms with E-state index in [1.54, 1.807) is 16.8 Å². The molecule has 0 aliphatic carbocycles. The van der Waals surface area contributed by atoms with E-state index in [9.17, 15) is 18.4 Å². The van der Waals surface area contributed by atoms with E-state index in [0.29, 0.717) is 19.6 Å². The van der Waals surface area contributed by atoms with Crippen molar-refractivity contribution in [2.75, 3.05) is 55.7 Å². The number of piperazine rings is 2. The number of nitrogens with two attached hydrogens (primary N) is 1. The first-order chi connectivity index (χ1) is 15.8. The number of pyridine rings is 1. The zero-order valence-corrected chi connectivity index (χ0v) is 17.7. The number of hydrogen-bond acceptors (Lipinski definition) is 8. The number of hydrogen-bond donors (Lipinski definition) is 2. The Balaban J connectivity index is 1.45. The minimum Gasteiger partial charge on any atom is -0.381 e. The van der Waals surface area contributed by atoms with Crippen LogP contribution in [0.4, 0.5) is 26.0 Å². The summed E-state index contributed by atoms with van der Waals surface area (Å²) in [4.78, 5) is 38.9. The van der Waals surface area contributed by atoms with Gasteiger partial charge in [-0.25, -0.2) is 18.3 Å². The molecule has 1 unspecified atom stereocenters. The number of nitrogens with zero attached hydrogens (tertiary/aromatic N) is 7. The van der Waals surface area contributed by atoms with Crippen LogP contribution in [0.1, 0.15) is 10.4 Å². The Morgan fingerprint density at radius 1 is 1.18 bits per heavy atom. The number of nitrogens with one attached hydrogen (secondary N) is 1. The molecule has 3 aromatic heterocycles. The smallest absolute Gasteiger partial charge is 0.263 e. The molecule has 0 bridgehead atoms. The second-order valence-corrected chi connectivity index (χ2v) is 8.03. The van der Waals surface area contributed by atoms with E-state index in [0.717, 1.165) is 29.7 Å². The number of amides is 2. The molecule has 0 aromatic carbocycles. The van der Waals surface area contributed by atoms with Gasteiger partial charge in [-0.15, -0.1) is 5.10 Å². The van der Waals surface area contributed by atoms with Gasteiger partial charge in [0.2, 0.25) is 5.91 Å². The average molecular weight is 457 g/mol. The minimum absolute atomic E-state index is 0.0246. The fourth-order valence-corrected chi connectivity index (χ4v) is 4.34. The molecule has 11 nitrogen and oxygen atoms in total. The number of rotatable bonds is 3. The molecule has 172 valence electrons. The van der Waals surface area contributed by atoms with Crippen molar-refractivity contribution < 1.29 is 18.4 Å². The Morgan fingerprint density at radius 3 is 2.79 bits per heavy atom. The number of nitrogen functional groups attached to an aromatic ring is 1. The molecule has 2 fully saturated rings. The van der Waals surface area contributed by atoms with Crippen LogP contribution in [-0.4, -0.2) is 87.0 Å². The zero-order chi connectivity index (χ0) is 23.3. The third-order valence-corrected chi connectivity index (χ3v) is 6.01. The Morgan fingerprint density at radius 2 is 1.97 bits per heavy atom. The molecule has 5 rings (SSSR count). The first-order valence-electron chi connectivity index (χ1n) is 10.3. The highest BCUT2D eigenvalue weighted by Crippen LogP contribution is 2.32. The van der Waals surface area contributed by atoms with Gasteiger partial charge in [-0.2, -0.15) is 0 Å². The van der Waals surface area contributed by atoms with Crippen molar-refractivity contribution in [2.45, 2.75) is 6.04 Å². The van der Waals surface area contributed by atoms with Gasteiger partial charge in [-0.3, -0.25) is 19.5 Å². The highest BCUT2D eigenvalue weighted by Gasteiger charge is 2.38. The molecule has 5 heterocycles. The number of aromatic nitrogens is 4. The van der Waals surface area contributed by atoms with Crippen molar-refractivity contribution in [3.8, 4) is 0 Å². The molecule has 3 N–H and O–H groups in total. The largest absolute Gasteiger partial charge is 0.381 e. The molecule has 0 saturated carbocycles. The highest BCUT2D eigenvalue weighted by molar-refractivity contribution is 6.12. The molecule has 2 saturated heterocycles. The maximum absolute atomic E-state index is 14.9. The van der Waals surface area contributed by atoms with Crippen LogP contribution in [0.2, 0.25) is 0 Å². The average Bonchev–Trinajstić information content (AvgIpc) is 3.11. The maximum atomic E-state index is 14.9. The Labute approximate surface area is 186 Å². The predicted molar refractivity (Wildman–Crippen MR) is 115 cm³/mol. The molecule has 2 aliphatic rings. The predicted octanol–water partition coefficient (Wildman–Crippen LogP) is 0.200. The number of anilines is 3. The summed E-state index contributed by atoms with van der Waals surface area (Å²) in [5, 5.41) is 6.54. The van der Waals surface area contributed by atoms with Crippen molar-refractivity contribution in [1.29, 1.82) is 0 Å². The van der Waals surface area contributed by atoms with E-state index in [1.807, 2.05) is 0 Å². The molecule has 0 radical (unpaired) electrons. The van der Waals surface area contributed by atoms with Crippen LogP contribution in [0, 0.1) is 11.6 Å². The normalized spacial score (nSPS) is 19.1. The van der Waals surface area contributed by atoms with Gasteiger partial charge in [-0.05, 0) is 0 Å². The Hall–Kier alpha value is -3.87. The summed E-state index contributed by atoms with van der Waals surface area (Å²) >= 11 is 0. The van der Waals surface area contributed by atoms with E-state index in [2.05, 4.69) is 25.3 Å². The Kier molecular flexibility index (Phi) is 5.04. The standard InChI is InChI=1S/C20H21F2N9O2/c1-28-2-3-29-4-5-30(10-14(29)20(28)33)16-12(22)7-24-8-13(16)26-19(32)15-17(23)27-31-9-11(21)6-25-18(15)31/h6-9,14H,2-5,10H2,1H3,(H2,23,27)(H,26,32). The van der Waals surface area contributed by atoms with Crippen LogP contribution < -0.4 is 16.0 Å². The third kappa shape index (κ3) is 3.59. The Bertz CT molecular complexity index is 1260. The lowest BCUT2D eigenvalue weighted by Gasteiger charge is -2.46. The van der Waals surface area contributed by atoms with Gasteiger partial charge in [-0.1, -0.05) is 0 Å². The molecule has 0 spiro atoms. The molecule has 33 heavy (non-hydrogen) atoms. The molecular weight excluding hydrogens is 436 g/mol. The van der Waals surface area contributed by atoms with E-state index >= 15 is 0 Å². The first kappa shape index (κ1) is 21.0. The number of halogens is 2. The van der Waals surface area contributed by atoms with Crippen LogP contribution in [0.3, 0.4) is 0 Å². The van der Waals surface area contributed by atoms with E-state index in [1.165, 1.54) is 6.20 Å². The molecule has 13 heteroatoms. The lowest BCUT2D eigenvalue weighted by molar-refractivity contribution is -0.140. The zero-order valence-electron chi connectivity index (χ0n) is 17.7. The van der Waals surface area contributed by atoms with Crippen molar-refractivity contribution in [3.05, 3.63) is 42.0 Å². The molecule has 2 amide bonds. The molecule has 3 aromatic rings. The fourth-order valence-electron chi connectivity index (χ4n) is 4.34. The quantitative estimate of drug-likeness (QED) is 0.572. The second-order valence-electron chi connectivity index (χ2n) is 8.03. The van der Waals surface area contributed by atoms with Crippen LogP contribution in [0.5, 0.6) is 0 Å². The van der Waals surface area contributed by atoms with E-state index in [4.69, 9.17) is 5.73 Å². The fraction of sp³-hybridized carbons (Fsp3) is 0.350. The van der Waals surface area contributed by atoms with Crippen LogP contribution in [-0.2, 0) is 4.79 Å². The lowest BCUT2D eigenvalue weighted by Crippen LogP contribution is -2.64. The summed E-state index contributed by atoms with van der Waals surface area (Å²) < 4.78 is 29.5. The summed E-state index contributed by atoms with van der Waals surface area (Å²) in [6.07, 6.45) is 4.37. The monoisotopic (exact) mass is 457 g/mol. The topological polar surface area (TPSA) is 125 Å². The molecular formula is C20H21F2N9O2. The summed E-state index contributed by atoms with van der Waals surface area (Å²) in [5.41, 5.74) is 6.10. The van der Waals surface area contributed by atoms with Crippen LogP contribution >= 0.6 is 0 Å². The van der Waals surface area contributed by atoms with Gasteiger partial charge in [0.25, 0.3) is 5.91 Å².